The molecule has 0 fully saturated rings. The Morgan fingerprint density at radius 2 is 1.29 bits per heavy atom. The van der Waals surface area contributed by atoms with Crippen LogP contribution in [0.2, 0.25) is 0 Å². The number of ether oxygens (including phenoxy) is 2. The molecule has 0 radical (unpaired) electrons. The van der Waals surface area contributed by atoms with Crippen molar-refractivity contribution in [2.45, 2.75) is 123 Å². The summed E-state index contributed by atoms with van der Waals surface area (Å²) in [6, 6.07) is 0. The fraction of sp³-hybridized carbons (Fsp3) is 0.960. The summed E-state index contributed by atoms with van der Waals surface area (Å²) in [6.45, 7) is 4.73. The van der Waals surface area contributed by atoms with Crippen molar-refractivity contribution < 1.29 is 32.8 Å². The topological polar surface area (TPSA) is 117 Å². The second kappa shape index (κ2) is 24.2. The lowest BCUT2D eigenvalue weighted by atomic mass is 10.1. The molecule has 2 atom stereocenters. The number of hydrogen-bond acceptors (Lipinski definition) is 7. The van der Waals surface area contributed by atoms with Gasteiger partial charge in [0, 0.05) is 19.6 Å². The molecular weight excluding hydrogens is 457 g/mol. The molecule has 0 aliphatic rings. The van der Waals surface area contributed by atoms with Gasteiger partial charge in [-0.05, 0) is 12.8 Å². The average Bonchev–Trinajstić information content (AvgIpc) is 2.81. The van der Waals surface area contributed by atoms with E-state index in [1.165, 1.54) is 64.2 Å². The third-order valence-electron chi connectivity index (χ3n) is 5.52. The van der Waals surface area contributed by atoms with Gasteiger partial charge in [0.25, 0.3) is 0 Å². The number of phosphoric ester groups is 1. The molecule has 9 heteroatoms. The predicted molar refractivity (Wildman–Crippen MR) is 137 cm³/mol. The van der Waals surface area contributed by atoms with Gasteiger partial charge in [0.2, 0.25) is 0 Å². The molecule has 0 saturated carbocycles. The highest BCUT2D eigenvalue weighted by atomic mass is 31.2. The summed E-state index contributed by atoms with van der Waals surface area (Å²) in [5, 5.41) is 0. The Kier molecular flexibility index (Phi) is 23.8. The number of carbonyl (C=O) groups is 1. The van der Waals surface area contributed by atoms with E-state index in [4.69, 9.17) is 24.3 Å². The SMILES string of the molecule is CCCCCCCCCCCCCCOCC(COP(=O)(O)OCCN)OC(=O)CCCCC. The quantitative estimate of drug-likeness (QED) is 0.0794. The van der Waals surface area contributed by atoms with Gasteiger partial charge >= 0.3 is 13.8 Å². The molecule has 0 aliphatic carbocycles. The van der Waals surface area contributed by atoms with Crippen molar-refractivity contribution in [1.29, 1.82) is 0 Å². The first-order chi connectivity index (χ1) is 16.4. The lowest BCUT2D eigenvalue weighted by molar-refractivity contribution is -0.154. The van der Waals surface area contributed by atoms with E-state index in [2.05, 4.69) is 13.8 Å². The number of rotatable bonds is 26. The van der Waals surface area contributed by atoms with E-state index in [1.807, 2.05) is 0 Å². The number of esters is 1. The van der Waals surface area contributed by atoms with Crippen LogP contribution in [0.1, 0.15) is 117 Å². The van der Waals surface area contributed by atoms with Crippen LogP contribution in [0.25, 0.3) is 0 Å². The molecule has 0 aromatic heterocycles. The second-order valence-corrected chi connectivity index (χ2v) is 10.4. The van der Waals surface area contributed by atoms with Gasteiger partial charge in [-0.25, -0.2) is 4.57 Å². The zero-order valence-corrected chi connectivity index (χ0v) is 22.7. The normalized spacial score (nSPS) is 14.1. The third kappa shape index (κ3) is 23.3. The first-order valence-corrected chi connectivity index (χ1v) is 15.0. The van der Waals surface area contributed by atoms with Crippen molar-refractivity contribution in [2.75, 3.05) is 33.0 Å². The standard InChI is InChI=1S/C25H52NO7P/c1-3-5-7-8-9-10-11-12-13-14-15-17-20-30-22-24(33-25(27)18-16-6-4-2)23-32-34(28,29)31-21-19-26/h24H,3-23,26H2,1-2H3,(H,28,29). The molecule has 0 saturated heterocycles. The van der Waals surface area contributed by atoms with Gasteiger partial charge in [0.05, 0.1) is 19.8 Å². The first-order valence-electron chi connectivity index (χ1n) is 13.5. The highest BCUT2D eigenvalue weighted by Crippen LogP contribution is 2.43. The maximum Gasteiger partial charge on any atom is 0.472 e. The molecule has 0 spiro atoms. The summed E-state index contributed by atoms with van der Waals surface area (Å²) in [5.41, 5.74) is 5.28. The van der Waals surface area contributed by atoms with Crippen molar-refractivity contribution in [3.8, 4) is 0 Å². The number of unbranched alkanes of at least 4 members (excludes halogenated alkanes) is 13. The van der Waals surface area contributed by atoms with Gasteiger partial charge in [-0.15, -0.1) is 0 Å². The minimum atomic E-state index is -4.23. The van der Waals surface area contributed by atoms with E-state index in [9.17, 15) is 14.3 Å². The predicted octanol–water partition coefficient (Wildman–Crippen LogP) is 6.29. The number of phosphoric acid groups is 1. The molecule has 0 bridgehead atoms. The van der Waals surface area contributed by atoms with Crippen LogP contribution < -0.4 is 5.73 Å². The van der Waals surface area contributed by atoms with E-state index in [0.29, 0.717) is 13.0 Å². The van der Waals surface area contributed by atoms with Crippen LogP contribution in [0.15, 0.2) is 0 Å². The highest BCUT2D eigenvalue weighted by molar-refractivity contribution is 7.47. The third-order valence-corrected chi connectivity index (χ3v) is 6.51. The molecule has 34 heavy (non-hydrogen) atoms. The van der Waals surface area contributed by atoms with Crippen LogP contribution in [0, 0.1) is 0 Å². The van der Waals surface area contributed by atoms with Crippen LogP contribution in [-0.4, -0.2) is 49.9 Å². The molecule has 2 unspecified atom stereocenters. The summed E-state index contributed by atoms with van der Waals surface area (Å²) in [6.07, 6.45) is 17.5. The van der Waals surface area contributed by atoms with Crippen molar-refractivity contribution in [3.63, 3.8) is 0 Å². The molecule has 0 aromatic rings. The largest absolute Gasteiger partial charge is 0.472 e. The van der Waals surface area contributed by atoms with E-state index in [-0.39, 0.29) is 32.3 Å². The lowest BCUT2D eigenvalue weighted by Gasteiger charge is -2.20. The van der Waals surface area contributed by atoms with Gasteiger partial charge in [-0.2, -0.15) is 0 Å². The monoisotopic (exact) mass is 509 g/mol. The zero-order valence-electron chi connectivity index (χ0n) is 21.8. The van der Waals surface area contributed by atoms with E-state index in [0.717, 1.165) is 32.1 Å². The van der Waals surface area contributed by atoms with E-state index < -0.39 is 13.9 Å². The fourth-order valence-corrected chi connectivity index (χ4v) is 4.29. The van der Waals surface area contributed by atoms with Crippen molar-refractivity contribution in [3.05, 3.63) is 0 Å². The molecule has 0 aromatic carbocycles. The number of carbonyl (C=O) groups excluding carboxylic acids is 1. The van der Waals surface area contributed by atoms with Crippen molar-refractivity contribution in [1.82, 2.24) is 0 Å². The molecule has 204 valence electrons. The maximum atomic E-state index is 12.1. The first kappa shape index (κ1) is 33.5. The van der Waals surface area contributed by atoms with Crippen LogP contribution in [0.3, 0.4) is 0 Å². The summed E-state index contributed by atoms with van der Waals surface area (Å²) >= 11 is 0. The highest BCUT2D eigenvalue weighted by Gasteiger charge is 2.25. The maximum absolute atomic E-state index is 12.1. The zero-order chi connectivity index (χ0) is 25.3. The smallest absolute Gasteiger partial charge is 0.457 e. The Morgan fingerprint density at radius 3 is 1.85 bits per heavy atom. The molecule has 0 aliphatic heterocycles. The van der Waals surface area contributed by atoms with Crippen LogP contribution in [0.5, 0.6) is 0 Å². The fourth-order valence-electron chi connectivity index (χ4n) is 3.52. The second-order valence-electron chi connectivity index (χ2n) is 8.92. The Morgan fingerprint density at radius 1 is 0.765 bits per heavy atom. The van der Waals surface area contributed by atoms with Crippen molar-refractivity contribution >= 4 is 13.8 Å². The Balaban J connectivity index is 4.01. The molecule has 0 heterocycles. The van der Waals surface area contributed by atoms with Crippen LogP contribution >= 0.6 is 7.82 Å². The van der Waals surface area contributed by atoms with Gasteiger partial charge < -0.3 is 20.1 Å². The minimum Gasteiger partial charge on any atom is -0.457 e. The number of nitrogens with two attached hydrogens (primary N) is 1. The Labute approximate surface area is 208 Å². The van der Waals surface area contributed by atoms with Gasteiger partial charge in [0.15, 0.2) is 0 Å². The average molecular weight is 510 g/mol. The van der Waals surface area contributed by atoms with E-state index in [1.54, 1.807) is 0 Å². The summed E-state index contributed by atoms with van der Waals surface area (Å²) in [7, 11) is -4.23. The van der Waals surface area contributed by atoms with E-state index >= 15 is 0 Å². The molecule has 0 rings (SSSR count). The Bertz CT molecular complexity index is 508. The van der Waals surface area contributed by atoms with Gasteiger partial charge in [-0.3, -0.25) is 13.8 Å². The molecule has 3 N–H and O–H groups in total. The minimum absolute atomic E-state index is 0.0926. The van der Waals surface area contributed by atoms with Crippen molar-refractivity contribution in [2.24, 2.45) is 5.73 Å². The van der Waals surface area contributed by atoms with Crippen LogP contribution in [0.4, 0.5) is 0 Å². The molecule has 0 amide bonds. The lowest BCUT2D eigenvalue weighted by Crippen LogP contribution is -2.28. The molecule has 8 nitrogen and oxygen atoms in total. The summed E-state index contributed by atoms with van der Waals surface area (Å²) < 4.78 is 32.6. The summed E-state index contributed by atoms with van der Waals surface area (Å²) in [4.78, 5) is 21.7. The van der Waals surface area contributed by atoms with Crippen LogP contribution in [-0.2, 0) is 27.9 Å². The van der Waals surface area contributed by atoms with Gasteiger partial charge in [-0.1, -0.05) is 97.3 Å². The molecular formula is C25H52NO7P. The Hall–Kier alpha value is -0.500. The van der Waals surface area contributed by atoms with Gasteiger partial charge in [0.1, 0.15) is 6.10 Å². The number of hydrogen-bond donors (Lipinski definition) is 2. The summed E-state index contributed by atoms with van der Waals surface area (Å²) in [5.74, 6) is -0.355.